The van der Waals surface area contributed by atoms with Crippen LogP contribution in [0.5, 0.6) is 11.5 Å². The van der Waals surface area contributed by atoms with E-state index in [9.17, 15) is 9.59 Å². The minimum atomic E-state index is -0.447. The summed E-state index contributed by atoms with van der Waals surface area (Å²) in [5.74, 6) is 1.10. The second kappa shape index (κ2) is 9.83. The van der Waals surface area contributed by atoms with E-state index in [1.807, 2.05) is 59.4 Å². The summed E-state index contributed by atoms with van der Waals surface area (Å²) in [6.07, 6.45) is 4.73. The fraction of sp³-hybridized carbons (Fsp3) is 0.129. The van der Waals surface area contributed by atoms with Gasteiger partial charge in [-0.2, -0.15) is 14.6 Å². The minimum Gasteiger partial charge on any atom is -0.490 e. The van der Waals surface area contributed by atoms with Crippen molar-refractivity contribution in [1.82, 2.24) is 24.4 Å². The summed E-state index contributed by atoms with van der Waals surface area (Å²) in [5.41, 5.74) is 4.79. The lowest BCUT2D eigenvalue weighted by Crippen LogP contribution is -2.23. The lowest BCUT2D eigenvalue weighted by Gasteiger charge is -2.04. The third kappa shape index (κ3) is 4.57. The van der Waals surface area contributed by atoms with Gasteiger partial charge in [0, 0.05) is 30.7 Å². The number of carbonyl (C=O) groups is 1. The molecule has 0 N–H and O–H groups in total. The minimum absolute atomic E-state index is 0.136. The van der Waals surface area contributed by atoms with Crippen LogP contribution < -0.4 is 19.6 Å². The molecule has 1 unspecified atom stereocenters. The van der Waals surface area contributed by atoms with Gasteiger partial charge in [-0.15, -0.1) is 5.10 Å². The molecule has 202 valence electrons. The van der Waals surface area contributed by atoms with E-state index in [-0.39, 0.29) is 11.7 Å². The number of rotatable bonds is 5. The van der Waals surface area contributed by atoms with Crippen LogP contribution >= 0.6 is 11.3 Å². The smallest absolute Gasteiger partial charge is 0.308 e. The molecule has 1 atom stereocenters. The molecule has 3 aromatic heterocycles. The quantitative estimate of drug-likeness (QED) is 0.226. The van der Waals surface area contributed by atoms with Gasteiger partial charge < -0.3 is 9.47 Å². The van der Waals surface area contributed by atoms with Gasteiger partial charge >= 0.3 is 5.97 Å². The Hall–Kier alpha value is -5.09. The number of aromatic nitrogens is 5. The highest BCUT2D eigenvalue weighted by Gasteiger charge is 2.21. The van der Waals surface area contributed by atoms with Gasteiger partial charge in [0.25, 0.3) is 5.56 Å². The topological polar surface area (TPSA) is 101 Å². The number of carbonyl (C=O) groups excluding carboxylic acids is 1. The van der Waals surface area contributed by atoms with Crippen LogP contribution in [0.4, 0.5) is 0 Å². The average molecular weight is 562 g/mol. The molecule has 9 nitrogen and oxygen atoms in total. The lowest BCUT2D eigenvalue weighted by atomic mass is 10.0. The summed E-state index contributed by atoms with van der Waals surface area (Å²) >= 11 is 1.24. The Bertz CT molecular complexity index is 2060. The molecule has 0 spiro atoms. The number of nitrogens with zero attached hydrogens (tertiary/aromatic N) is 5. The van der Waals surface area contributed by atoms with Gasteiger partial charge in [-0.05, 0) is 61.0 Å². The highest BCUT2D eigenvalue weighted by Crippen LogP contribution is 2.34. The zero-order valence-electron chi connectivity index (χ0n) is 22.1. The molecule has 1 aliphatic rings. The van der Waals surface area contributed by atoms with Crippen molar-refractivity contribution >= 4 is 28.3 Å². The first-order valence-corrected chi connectivity index (χ1v) is 13.9. The van der Waals surface area contributed by atoms with Gasteiger partial charge in [-0.1, -0.05) is 41.7 Å². The predicted molar refractivity (Wildman–Crippen MR) is 155 cm³/mol. The van der Waals surface area contributed by atoms with Crippen molar-refractivity contribution in [1.29, 1.82) is 0 Å². The van der Waals surface area contributed by atoms with Crippen LogP contribution in [0.2, 0.25) is 0 Å². The van der Waals surface area contributed by atoms with Crippen molar-refractivity contribution < 1.29 is 14.3 Å². The van der Waals surface area contributed by atoms with Crippen molar-refractivity contribution in [2.24, 2.45) is 0 Å². The fourth-order valence-electron chi connectivity index (χ4n) is 4.98. The maximum absolute atomic E-state index is 13.5. The molecule has 0 fully saturated rings. The highest BCUT2D eigenvalue weighted by molar-refractivity contribution is 7.15. The van der Waals surface area contributed by atoms with Gasteiger partial charge in [0.1, 0.15) is 23.3 Å². The van der Waals surface area contributed by atoms with Crippen molar-refractivity contribution in [2.75, 3.05) is 0 Å². The number of esters is 1. The molecule has 0 saturated heterocycles. The Morgan fingerprint density at radius 1 is 1.07 bits per heavy atom. The van der Waals surface area contributed by atoms with Gasteiger partial charge in [-0.3, -0.25) is 9.59 Å². The number of hydrogen-bond acceptors (Lipinski definition) is 8. The number of hydrogen-bond donors (Lipinski definition) is 0. The molecule has 0 saturated carbocycles. The van der Waals surface area contributed by atoms with Crippen LogP contribution in [0.1, 0.15) is 25.0 Å². The van der Waals surface area contributed by atoms with Crippen LogP contribution in [0.3, 0.4) is 0 Å². The van der Waals surface area contributed by atoms with Gasteiger partial charge in [0.05, 0.1) is 15.8 Å². The second-order valence-corrected chi connectivity index (χ2v) is 10.8. The number of thiazole rings is 1. The molecule has 0 amide bonds. The van der Waals surface area contributed by atoms with E-state index >= 15 is 0 Å². The first kappa shape index (κ1) is 24.9. The van der Waals surface area contributed by atoms with Gasteiger partial charge in [0.2, 0.25) is 4.96 Å². The third-order valence-electron chi connectivity index (χ3n) is 6.78. The Kier molecular flexibility index (Phi) is 5.97. The van der Waals surface area contributed by atoms with E-state index in [0.29, 0.717) is 26.6 Å². The number of ether oxygens (including phenoxy) is 2. The number of para-hydroxylation sites is 2. The number of benzene rings is 3. The SMILES string of the molecule is CC(=O)Oc1ccccc1-c1nc2s/c(=C\c3cn(-c4ccccc4)nc3-c3ccc4c(c3)CC(C)O4)c(=O)n2n1. The van der Waals surface area contributed by atoms with Gasteiger partial charge in [0.15, 0.2) is 5.82 Å². The Morgan fingerprint density at radius 2 is 1.88 bits per heavy atom. The predicted octanol–water partition coefficient (Wildman–Crippen LogP) is 4.47. The van der Waals surface area contributed by atoms with Crippen LogP contribution in [0.25, 0.3) is 39.4 Å². The van der Waals surface area contributed by atoms with Crippen LogP contribution in [-0.2, 0) is 11.2 Å². The molecule has 4 heterocycles. The van der Waals surface area contributed by atoms with E-state index in [1.54, 1.807) is 24.3 Å². The summed E-state index contributed by atoms with van der Waals surface area (Å²) in [6.45, 7) is 3.39. The third-order valence-corrected chi connectivity index (χ3v) is 7.74. The molecule has 10 heteroatoms. The maximum atomic E-state index is 13.5. The van der Waals surface area contributed by atoms with Crippen molar-refractivity contribution in [2.45, 2.75) is 26.4 Å². The van der Waals surface area contributed by atoms with Crippen LogP contribution in [0, 0.1) is 0 Å². The summed E-state index contributed by atoms with van der Waals surface area (Å²) in [6, 6.07) is 22.9. The summed E-state index contributed by atoms with van der Waals surface area (Å²) < 4.78 is 14.8. The standard InChI is InChI=1S/C31H23N5O4S/c1-18-14-21-15-20(12-13-25(21)39-18)28-22(17-35(33-28)23-8-4-3-5-9-23)16-27-30(38)36-31(41-27)32-29(34-36)24-10-6-7-11-26(24)40-19(2)37/h3-13,15-18H,14H2,1-2H3/b27-16-. The first-order chi connectivity index (χ1) is 19.9. The van der Waals surface area contributed by atoms with Crippen LogP contribution in [-0.4, -0.2) is 36.5 Å². The lowest BCUT2D eigenvalue weighted by molar-refractivity contribution is -0.131. The Morgan fingerprint density at radius 3 is 2.68 bits per heavy atom. The molecule has 3 aromatic carbocycles. The molecule has 0 radical (unpaired) electrons. The molecule has 1 aliphatic heterocycles. The average Bonchev–Trinajstić information content (AvgIpc) is 3.73. The molecule has 7 rings (SSSR count). The van der Waals surface area contributed by atoms with E-state index in [2.05, 4.69) is 23.1 Å². The normalized spacial score (nSPS) is 14.8. The van der Waals surface area contributed by atoms with E-state index in [1.165, 1.54) is 22.8 Å². The van der Waals surface area contributed by atoms with Crippen molar-refractivity contribution in [3.63, 3.8) is 0 Å². The zero-order chi connectivity index (χ0) is 28.1. The summed E-state index contributed by atoms with van der Waals surface area (Å²) in [7, 11) is 0. The zero-order valence-corrected chi connectivity index (χ0v) is 23.0. The molecule has 41 heavy (non-hydrogen) atoms. The van der Waals surface area contributed by atoms with E-state index < -0.39 is 5.97 Å². The largest absolute Gasteiger partial charge is 0.490 e. The molecule has 0 aliphatic carbocycles. The fourth-order valence-corrected chi connectivity index (χ4v) is 5.88. The molecule has 6 aromatic rings. The second-order valence-electron chi connectivity index (χ2n) is 9.80. The first-order valence-electron chi connectivity index (χ1n) is 13.1. The Balaban J connectivity index is 1.34. The maximum Gasteiger partial charge on any atom is 0.308 e. The van der Waals surface area contributed by atoms with E-state index in [0.717, 1.165) is 40.2 Å². The number of fused-ring (bicyclic) bond motifs is 2. The van der Waals surface area contributed by atoms with Crippen molar-refractivity contribution in [3.8, 4) is 39.8 Å². The van der Waals surface area contributed by atoms with E-state index in [4.69, 9.17) is 14.6 Å². The molecular weight excluding hydrogens is 538 g/mol. The molecular formula is C31H23N5O4S. The summed E-state index contributed by atoms with van der Waals surface area (Å²) in [4.78, 5) is 30.0. The van der Waals surface area contributed by atoms with Crippen molar-refractivity contribution in [3.05, 3.63) is 105 Å². The monoisotopic (exact) mass is 561 g/mol. The van der Waals surface area contributed by atoms with Crippen LogP contribution in [0.15, 0.2) is 83.8 Å². The highest BCUT2D eigenvalue weighted by atomic mass is 32.1. The molecule has 0 bridgehead atoms. The summed E-state index contributed by atoms with van der Waals surface area (Å²) in [5, 5.41) is 9.37. The van der Waals surface area contributed by atoms with Gasteiger partial charge in [-0.25, -0.2) is 4.68 Å². The Labute approximate surface area is 237 Å².